The molecule has 0 aliphatic heterocycles. The molecule has 0 aliphatic rings. The Morgan fingerprint density at radius 3 is 2.52 bits per heavy atom. The largest absolute Gasteiger partial charge is 0.507 e. The van der Waals surface area contributed by atoms with Crippen LogP contribution in [0.4, 0.5) is 0 Å². The van der Waals surface area contributed by atoms with Crippen molar-refractivity contribution < 1.29 is 5.11 Å². The summed E-state index contributed by atoms with van der Waals surface area (Å²) in [6.07, 6.45) is 0. The molecule has 146 valence electrons. The predicted molar refractivity (Wildman–Crippen MR) is 137 cm³/mol. The number of hydrogen-bond acceptors (Lipinski definition) is 2. The molecule has 3 nitrogen and oxygen atoms in total. The summed E-state index contributed by atoms with van der Waals surface area (Å²) in [6.45, 7) is 2.17. The highest BCUT2D eigenvalue weighted by Gasteiger charge is 2.18. The van der Waals surface area contributed by atoms with Crippen LogP contribution >= 0.6 is 0 Å². The SMILES string of the molecule is Bc1ccc2c3ccc(BC)cc3c3nc(-c4c(O)ccc5ccccc45)[nH]c3c2c1. The molecule has 6 aromatic rings. The zero-order valence-corrected chi connectivity index (χ0v) is 17.5. The molecule has 0 aliphatic carbocycles. The van der Waals surface area contributed by atoms with E-state index in [1.54, 1.807) is 6.07 Å². The fraction of sp³-hybridized carbons (Fsp3) is 0.0385. The number of aromatic amines is 1. The molecule has 0 atom stereocenters. The predicted octanol–water partition coefficient (Wildman–Crippen LogP) is 3.76. The van der Waals surface area contributed by atoms with E-state index in [0.717, 1.165) is 45.4 Å². The third-order valence-corrected chi connectivity index (χ3v) is 6.33. The highest BCUT2D eigenvalue weighted by atomic mass is 16.3. The van der Waals surface area contributed by atoms with Crippen LogP contribution in [0.5, 0.6) is 5.75 Å². The van der Waals surface area contributed by atoms with Crippen molar-refractivity contribution >= 4 is 69.4 Å². The van der Waals surface area contributed by atoms with Crippen LogP contribution in [-0.4, -0.2) is 30.2 Å². The van der Waals surface area contributed by atoms with Gasteiger partial charge in [0.15, 0.2) is 7.28 Å². The van der Waals surface area contributed by atoms with E-state index >= 15 is 0 Å². The van der Waals surface area contributed by atoms with Gasteiger partial charge in [-0.15, -0.1) is 0 Å². The van der Waals surface area contributed by atoms with Crippen molar-refractivity contribution in [1.29, 1.82) is 0 Å². The smallest absolute Gasteiger partial charge is 0.154 e. The van der Waals surface area contributed by atoms with E-state index < -0.39 is 0 Å². The first-order chi connectivity index (χ1) is 15.1. The summed E-state index contributed by atoms with van der Waals surface area (Å²) in [5, 5.41) is 17.6. The zero-order valence-electron chi connectivity index (χ0n) is 17.5. The molecule has 6 rings (SSSR count). The Hall–Kier alpha value is -3.72. The maximum absolute atomic E-state index is 10.8. The number of nitrogens with one attached hydrogen (secondary N) is 1. The standard InChI is InChI=1S/C26H20B2N2O/c1-28-16-8-10-19-18-9-7-15(27)12-20(18)24-25(21(19)13-16)30-26(29-24)23-17-5-3-2-4-14(17)6-11-22(23)31/h2-13,28,31H,27H2,1H3,(H,29,30). The van der Waals surface area contributed by atoms with Gasteiger partial charge in [0.05, 0.1) is 16.6 Å². The minimum atomic E-state index is 0.233. The van der Waals surface area contributed by atoms with Gasteiger partial charge in [-0.25, -0.2) is 4.98 Å². The molecular weight excluding hydrogens is 378 g/mol. The highest BCUT2D eigenvalue weighted by Crippen LogP contribution is 2.39. The van der Waals surface area contributed by atoms with E-state index in [4.69, 9.17) is 4.98 Å². The molecule has 0 amide bonds. The third kappa shape index (κ3) is 2.66. The number of phenolic OH excluding ortho intramolecular Hbond substituents is 1. The molecule has 2 N–H and O–H groups in total. The molecular formula is C26H20B2N2O. The van der Waals surface area contributed by atoms with E-state index in [9.17, 15) is 5.11 Å². The van der Waals surface area contributed by atoms with Crippen molar-refractivity contribution in [3.63, 3.8) is 0 Å². The fourth-order valence-electron chi connectivity index (χ4n) is 4.73. The molecule has 0 unspecified atom stereocenters. The molecule has 0 bridgehead atoms. The molecule has 5 heteroatoms. The maximum atomic E-state index is 10.8. The van der Waals surface area contributed by atoms with Crippen molar-refractivity contribution in [2.45, 2.75) is 6.82 Å². The third-order valence-electron chi connectivity index (χ3n) is 6.33. The number of rotatable bonds is 2. The number of imidazole rings is 1. The number of H-pyrrole nitrogens is 1. The minimum Gasteiger partial charge on any atom is -0.507 e. The van der Waals surface area contributed by atoms with E-state index in [-0.39, 0.29) is 5.75 Å². The van der Waals surface area contributed by atoms with Gasteiger partial charge in [0.1, 0.15) is 19.4 Å². The van der Waals surface area contributed by atoms with Gasteiger partial charge in [-0.2, -0.15) is 0 Å². The minimum absolute atomic E-state index is 0.233. The summed E-state index contributed by atoms with van der Waals surface area (Å²) < 4.78 is 0. The average molecular weight is 398 g/mol. The lowest BCUT2D eigenvalue weighted by Gasteiger charge is -2.08. The van der Waals surface area contributed by atoms with Crippen molar-refractivity contribution in [2.24, 2.45) is 0 Å². The second kappa shape index (κ2) is 6.64. The summed E-state index contributed by atoms with van der Waals surface area (Å²) >= 11 is 0. The molecule has 0 saturated heterocycles. The van der Waals surface area contributed by atoms with Crippen LogP contribution in [0.15, 0.2) is 72.8 Å². The van der Waals surface area contributed by atoms with Crippen LogP contribution in [0, 0.1) is 0 Å². The highest BCUT2D eigenvalue weighted by molar-refractivity contribution is 6.52. The van der Waals surface area contributed by atoms with Crippen LogP contribution < -0.4 is 10.9 Å². The number of fused-ring (bicyclic) bond motifs is 7. The van der Waals surface area contributed by atoms with E-state index in [2.05, 4.69) is 62.1 Å². The topological polar surface area (TPSA) is 48.9 Å². The van der Waals surface area contributed by atoms with Gasteiger partial charge < -0.3 is 10.1 Å². The first kappa shape index (κ1) is 18.1. The zero-order chi connectivity index (χ0) is 21.1. The van der Waals surface area contributed by atoms with Crippen molar-refractivity contribution in [3.05, 3.63) is 72.8 Å². The van der Waals surface area contributed by atoms with Gasteiger partial charge in [-0.05, 0) is 27.6 Å². The number of hydrogen-bond donors (Lipinski definition) is 2. The van der Waals surface area contributed by atoms with Crippen LogP contribution in [-0.2, 0) is 0 Å². The molecule has 0 spiro atoms. The van der Waals surface area contributed by atoms with E-state index in [1.165, 1.54) is 21.7 Å². The van der Waals surface area contributed by atoms with E-state index in [0.29, 0.717) is 5.82 Å². The summed E-state index contributed by atoms with van der Waals surface area (Å²) in [6, 6.07) is 25.1. The van der Waals surface area contributed by atoms with Crippen LogP contribution in [0.3, 0.4) is 0 Å². The Morgan fingerprint density at radius 1 is 0.839 bits per heavy atom. The summed E-state index contributed by atoms with van der Waals surface area (Å²) in [4.78, 5) is 8.64. The first-order valence-electron chi connectivity index (χ1n) is 10.7. The van der Waals surface area contributed by atoms with Crippen LogP contribution in [0.25, 0.3) is 54.7 Å². The van der Waals surface area contributed by atoms with Crippen molar-refractivity contribution in [1.82, 2.24) is 9.97 Å². The van der Waals surface area contributed by atoms with Gasteiger partial charge in [0.2, 0.25) is 0 Å². The Morgan fingerprint density at radius 2 is 1.65 bits per heavy atom. The van der Waals surface area contributed by atoms with Gasteiger partial charge in [0.25, 0.3) is 0 Å². The monoisotopic (exact) mass is 398 g/mol. The molecule has 0 radical (unpaired) electrons. The first-order valence-corrected chi connectivity index (χ1v) is 10.7. The lowest BCUT2D eigenvalue weighted by atomic mass is 9.72. The number of aromatic hydroxyl groups is 1. The number of nitrogens with zero attached hydrogens (tertiary/aromatic N) is 1. The quantitative estimate of drug-likeness (QED) is 0.345. The van der Waals surface area contributed by atoms with Gasteiger partial charge in [-0.1, -0.05) is 84.5 Å². The van der Waals surface area contributed by atoms with Crippen molar-refractivity contribution in [2.75, 3.05) is 0 Å². The fourth-order valence-corrected chi connectivity index (χ4v) is 4.73. The second-order valence-corrected chi connectivity index (χ2v) is 8.27. The molecule has 5 aromatic carbocycles. The molecule has 0 fully saturated rings. The number of benzene rings is 5. The summed E-state index contributed by atoms with van der Waals surface area (Å²) in [5.74, 6) is 0.929. The maximum Gasteiger partial charge on any atom is 0.154 e. The van der Waals surface area contributed by atoms with Crippen LogP contribution in [0.2, 0.25) is 6.82 Å². The van der Waals surface area contributed by atoms with Gasteiger partial charge in [0, 0.05) is 10.8 Å². The normalized spacial score (nSPS) is 11.6. The lowest BCUT2D eigenvalue weighted by molar-refractivity contribution is 0.477. The summed E-state index contributed by atoms with van der Waals surface area (Å²) in [7, 11) is 3.09. The Balaban J connectivity index is 1.79. The Kier molecular flexibility index (Phi) is 3.87. The number of phenols is 1. The molecule has 1 aromatic heterocycles. The Bertz CT molecular complexity index is 1650. The number of aromatic nitrogens is 2. The molecule has 1 heterocycles. The lowest BCUT2D eigenvalue weighted by Crippen LogP contribution is -2.09. The van der Waals surface area contributed by atoms with Gasteiger partial charge >= 0.3 is 0 Å². The average Bonchev–Trinajstić information content (AvgIpc) is 3.24. The van der Waals surface area contributed by atoms with Crippen LogP contribution in [0.1, 0.15) is 0 Å². The molecule has 0 saturated carbocycles. The van der Waals surface area contributed by atoms with Gasteiger partial charge in [-0.3, -0.25) is 0 Å². The second-order valence-electron chi connectivity index (χ2n) is 8.27. The summed E-state index contributed by atoms with van der Waals surface area (Å²) in [5.41, 5.74) is 5.21. The van der Waals surface area contributed by atoms with E-state index in [1.807, 2.05) is 24.3 Å². The molecule has 31 heavy (non-hydrogen) atoms. The van der Waals surface area contributed by atoms with Crippen molar-refractivity contribution in [3.8, 4) is 17.1 Å². The Labute approximate surface area is 181 Å².